The van der Waals surface area contributed by atoms with E-state index in [9.17, 15) is 9.59 Å². The van der Waals surface area contributed by atoms with Gasteiger partial charge in [-0.25, -0.2) is 0 Å². The van der Waals surface area contributed by atoms with Gasteiger partial charge in [-0.3, -0.25) is 9.59 Å². The number of carboxylic acid groups (broad SMARTS) is 1. The number of hydrogen-bond acceptors (Lipinski definition) is 5. The Morgan fingerprint density at radius 2 is 2.04 bits per heavy atom. The molecule has 1 aromatic carbocycles. The molecule has 0 aliphatic rings. The molecular formula is C17H20N2O5. The summed E-state index contributed by atoms with van der Waals surface area (Å²) >= 11 is 0. The number of aryl methyl sites for hydroxylation is 1. The lowest BCUT2D eigenvalue weighted by molar-refractivity contribution is -0.137. The first-order valence-electron chi connectivity index (χ1n) is 7.65. The number of ether oxygens (including phenoxy) is 1. The van der Waals surface area contributed by atoms with Crippen LogP contribution in [-0.2, 0) is 22.6 Å². The Hall–Kier alpha value is -2.83. The van der Waals surface area contributed by atoms with E-state index in [1.807, 2.05) is 12.1 Å². The molecule has 2 N–H and O–H groups in total. The molecule has 7 nitrogen and oxygen atoms in total. The quantitative estimate of drug-likeness (QED) is 0.682. The van der Waals surface area contributed by atoms with Crippen LogP contribution in [-0.4, -0.2) is 28.7 Å². The Kier molecular flexibility index (Phi) is 6.36. The number of aromatic nitrogens is 1. The summed E-state index contributed by atoms with van der Waals surface area (Å²) in [6.07, 6.45) is 0.742. The second kappa shape index (κ2) is 8.71. The number of carbonyl (C=O) groups excluding carboxylic acids is 1. The Morgan fingerprint density at radius 3 is 2.67 bits per heavy atom. The SMILES string of the molecule is Cc1cc(CC(=O)NCc2ccc(OCCCC(=O)O)cc2)no1. The zero-order valence-electron chi connectivity index (χ0n) is 13.4. The minimum Gasteiger partial charge on any atom is -0.494 e. The van der Waals surface area contributed by atoms with Crippen LogP contribution in [0.3, 0.4) is 0 Å². The van der Waals surface area contributed by atoms with Crippen molar-refractivity contribution in [1.29, 1.82) is 0 Å². The molecule has 2 rings (SSSR count). The first kappa shape index (κ1) is 17.5. The molecule has 0 atom stereocenters. The molecule has 7 heteroatoms. The van der Waals surface area contributed by atoms with Crippen LogP contribution in [0, 0.1) is 6.92 Å². The molecule has 0 unspecified atom stereocenters. The molecule has 128 valence electrons. The third-order valence-corrected chi connectivity index (χ3v) is 3.24. The lowest BCUT2D eigenvalue weighted by atomic mass is 10.2. The summed E-state index contributed by atoms with van der Waals surface area (Å²) in [5, 5.41) is 15.1. The fraction of sp³-hybridized carbons (Fsp3) is 0.353. The third-order valence-electron chi connectivity index (χ3n) is 3.24. The van der Waals surface area contributed by atoms with E-state index in [1.165, 1.54) is 0 Å². The highest BCUT2D eigenvalue weighted by Crippen LogP contribution is 2.12. The highest BCUT2D eigenvalue weighted by Gasteiger charge is 2.07. The zero-order valence-corrected chi connectivity index (χ0v) is 13.4. The summed E-state index contributed by atoms with van der Waals surface area (Å²) in [7, 11) is 0. The van der Waals surface area contributed by atoms with Crippen molar-refractivity contribution >= 4 is 11.9 Å². The third kappa shape index (κ3) is 6.12. The van der Waals surface area contributed by atoms with E-state index in [0.29, 0.717) is 36.8 Å². The molecule has 1 aromatic heterocycles. The molecule has 2 aromatic rings. The average molecular weight is 332 g/mol. The summed E-state index contributed by atoms with van der Waals surface area (Å²) in [6, 6.07) is 9.03. The van der Waals surface area contributed by atoms with Crippen molar-refractivity contribution in [2.45, 2.75) is 32.7 Å². The van der Waals surface area contributed by atoms with E-state index in [-0.39, 0.29) is 18.7 Å². The largest absolute Gasteiger partial charge is 0.494 e. The van der Waals surface area contributed by atoms with Crippen LogP contribution in [0.2, 0.25) is 0 Å². The molecule has 1 heterocycles. The molecule has 0 bridgehead atoms. The van der Waals surface area contributed by atoms with Crippen molar-refractivity contribution in [3.8, 4) is 5.75 Å². The van der Waals surface area contributed by atoms with Crippen molar-refractivity contribution in [3.05, 3.63) is 47.3 Å². The Morgan fingerprint density at radius 1 is 1.29 bits per heavy atom. The van der Waals surface area contributed by atoms with E-state index in [2.05, 4.69) is 10.5 Å². The van der Waals surface area contributed by atoms with Crippen LogP contribution in [0.5, 0.6) is 5.75 Å². The molecular weight excluding hydrogens is 312 g/mol. The van der Waals surface area contributed by atoms with Crippen LogP contribution in [0.1, 0.15) is 29.9 Å². The molecule has 1 amide bonds. The van der Waals surface area contributed by atoms with Crippen molar-refractivity contribution in [2.24, 2.45) is 0 Å². The number of hydrogen-bond donors (Lipinski definition) is 2. The van der Waals surface area contributed by atoms with Gasteiger partial charge in [0, 0.05) is 19.0 Å². The van der Waals surface area contributed by atoms with Gasteiger partial charge in [-0.2, -0.15) is 0 Å². The number of nitrogens with zero attached hydrogens (tertiary/aromatic N) is 1. The fourth-order valence-corrected chi connectivity index (χ4v) is 2.05. The molecule has 24 heavy (non-hydrogen) atoms. The monoisotopic (exact) mass is 332 g/mol. The van der Waals surface area contributed by atoms with Crippen LogP contribution < -0.4 is 10.1 Å². The van der Waals surface area contributed by atoms with Gasteiger partial charge in [-0.1, -0.05) is 17.3 Å². The number of carbonyl (C=O) groups is 2. The van der Waals surface area contributed by atoms with Gasteiger partial charge in [0.2, 0.25) is 5.91 Å². The molecule has 0 aliphatic heterocycles. The summed E-state index contributed by atoms with van der Waals surface area (Å²) in [5.74, 6) is 0.396. The number of aliphatic carboxylic acids is 1. The van der Waals surface area contributed by atoms with Gasteiger partial charge in [0.05, 0.1) is 18.7 Å². The summed E-state index contributed by atoms with van der Waals surface area (Å²) in [5.41, 5.74) is 1.55. The summed E-state index contributed by atoms with van der Waals surface area (Å²) in [4.78, 5) is 22.2. The van der Waals surface area contributed by atoms with E-state index in [1.54, 1.807) is 25.1 Å². The molecule has 0 saturated carbocycles. The Bertz CT molecular complexity index is 679. The number of nitrogens with one attached hydrogen (secondary N) is 1. The average Bonchev–Trinajstić information content (AvgIpc) is 2.95. The van der Waals surface area contributed by atoms with Gasteiger partial charge in [0.25, 0.3) is 0 Å². The highest BCUT2D eigenvalue weighted by atomic mass is 16.5. The predicted octanol–water partition coefficient (Wildman–Crippen LogP) is 2.09. The van der Waals surface area contributed by atoms with Gasteiger partial charge < -0.3 is 19.7 Å². The van der Waals surface area contributed by atoms with Gasteiger partial charge in [0.15, 0.2) is 0 Å². The van der Waals surface area contributed by atoms with Crippen LogP contribution in [0.4, 0.5) is 0 Å². The first-order chi connectivity index (χ1) is 11.5. The van der Waals surface area contributed by atoms with Crippen LogP contribution in [0.15, 0.2) is 34.9 Å². The van der Waals surface area contributed by atoms with Crippen molar-refractivity contribution in [3.63, 3.8) is 0 Å². The minimum atomic E-state index is -0.828. The van der Waals surface area contributed by atoms with Crippen LogP contribution >= 0.6 is 0 Å². The number of amides is 1. The maximum absolute atomic E-state index is 11.8. The number of carboxylic acids is 1. The van der Waals surface area contributed by atoms with Gasteiger partial charge in [-0.15, -0.1) is 0 Å². The van der Waals surface area contributed by atoms with E-state index >= 15 is 0 Å². The maximum Gasteiger partial charge on any atom is 0.303 e. The van der Waals surface area contributed by atoms with Crippen LogP contribution in [0.25, 0.3) is 0 Å². The topological polar surface area (TPSA) is 102 Å². The number of rotatable bonds is 9. The number of benzene rings is 1. The second-order valence-electron chi connectivity index (χ2n) is 5.37. The molecule has 0 spiro atoms. The smallest absolute Gasteiger partial charge is 0.303 e. The molecule has 0 aliphatic carbocycles. The van der Waals surface area contributed by atoms with Crippen molar-refractivity contribution < 1.29 is 24.0 Å². The lowest BCUT2D eigenvalue weighted by Crippen LogP contribution is -2.24. The Labute approximate surface area is 139 Å². The van der Waals surface area contributed by atoms with E-state index in [4.69, 9.17) is 14.4 Å². The van der Waals surface area contributed by atoms with E-state index < -0.39 is 5.97 Å². The van der Waals surface area contributed by atoms with Gasteiger partial charge >= 0.3 is 5.97 Å². The highest BCUT2D eigenvalue weighted by molar-refractivity contribution is 5.78. The molecule has 0 fully saturated rings. The maximum atomic E-state index is 11.8. The fourth-order valence-electron chi connectivity index (χ4n) is 2.05. The van der Waals surface area contributed by atoms with Gasteiger partial charge in [0.1, 0.15) is 11.5 Å². The van der Waals surface area contributed by atoms with Crippen molar-refractivity contribution in [1.82, 2.24) is 10.5 Å². The Balaban J connectivity index is 1.71. The summed E-state index contributed by atoms with van der Waals surface area (Å²) < 4.78 is 10.4. The molecule has 0 radical (unpaired) electrons. The predicted molar refractivity (Wildman–Crippen MR) is 85.6 cm³/mol. The standard InChI is InChI=1S/C17H20N2O5/c1-12-9-14(19-24-12)10-16(20)18-11-13-4-6-15(7-5-13)23-8-2-3-17(21)22/h4-7,9H,2-3,8,10-11H2,1H3,(H,18,20)(H,21,22). The second-order valence-corrected chi connectivity index (χ2v) is 5.37. The molecule has 0 saturated heterocycles. The van der Waals surface area contributed by atoms with Crippen molar-refractivity contribution in [2.75, 3.05) is 6.61 Å². The summed E-state index contributed by atoms with van der Waals surface area (Å²) in [6.45, 7) is 2.55. The van der Waals surface area contributed by atoms with Gasteiger partial charge in [-0.05, 0) is 31.0 Å². The minimum absolute atomic E-state index is 0.0924. The normalized spacial score (nSPS) is 10.4. The zero-order chi connectivity index (χ0) is 17.4. The lowest BCUT2D eigenvalue weighted by Gasteiger charge is -2.07. The first-order valence-corrected chi connectivity index (χ1v) is 7.65. The van der Waals surface area contributed by atoms with E-state index in [0.717, 1.165) is 5.56 Å².